The maximum absolute atomic E-state index is 12.0. The Kier molecular flexibility index (Phi) is 7.25. The van der Waals surface area contributed by atoms with Gasteiger partial charge in [-0.1, -0.05) is 17.3 Å². The van der Waals surface area contributed by atoms with Crippen molar-refractivity contribution in [2.75, 3.05) is 0 Å². The van der Waals surface area contributed by atoms with E-state index in [0.29, 0.717) is 17.3 Å². The van der Waals surface area contributed by atoms with Crippen LogP contribution >= 0.6 is 24.0 Å². The third-order valence-corrected chi connectivity index (χ3v) is 2.58. The Hall–Kier alpha value is -2.05. The minimum Gasteiger partial charge on any atom is -0.406 e. The number of halogens is 4. The molecule has 0 saturated carbocycles. The van der Waals surface area contributed by atoms with Crippen molar-refractivity contribution in [3.8, 4) is 5.75 Å². The average molecular weight is 457 g/mol. The summed E-state index contributed by atoms with van der Waals surface area (Å²) in [6.07, 6.45) is -4.71. The smallest absolute Gasteiger partial charge is 0.406 e. The first-order chi connectivity index (χ1) is 10.8. The fourth-order valence-corrected chi connectivity index (χ4v) is 1.61. The second-order valence-electron chi connectivity index (χ2n) is 4.48. The molecule has 0 saturated heterocycles. The SMILES string of the molecule is Cc1noc(CNC(N)=NCc2ccc(OC(F)(F)F)cc2)n1.I. The summed E-state index contributed by atoms with van der Waals surface area (Å²) in [4.78, 5) is 8.03. The van der Waals surface area contributed by atoms with Gasteiger partial charge in [0.05, 0.1) is 13.1 Å². The van der Waals surface area contributed by atoms with E-state index in [4.69, 9.17) is 10.3 Å². The lowest BCUT2D eigenvalue weighted by Crippen LogP contribution is -2.31. The molecule has 0 spiro atoms. The van der Waals surface area contributed by atoms with E-state index < -0.39 is 6.36 Å². The highest BCUT2D eigenvalue weighted by molar-refractivity contribution is 14.0. The summed E-state index contributed by atoms with van der Waals surface area (Å²) < 4.78 is 44.8. The summed E-state index contributed by atoms with van der Waals surface area (Å²) >= 11 is 0. The largest absolute Gasteiger partial charge is 0.573 e. The van der Waals surface area contributed by atoms with Gasteiger partial charge in [-0.2, -0.15) is 4.98 Å². The van der Waals surface area contributed by atoms with Gasteiger partial charge >= 0.3 is 6.36 Å². The first-order valence-corrected chi connectivity index (χ1v) is 6.49. The molecule has 24 heavy (non-hydrogen) atoms. The molecule has 0 radical (unpaired) electrons. The van der Waals surface area contributed by atoms with Crippen LogP contribution < -0.4 is 15.8 Å². The Labute approximate surface area is 152 Å². The highest BCUT2D eigenvalue weighted by Crippen LogP contribution is 2.22. The van der Waals surface area contributed by atoms with E-state index in [2.05, 4.69) is 25.2 Å². The zero-order valence-electron chi connectivity index (χ0n) is 12.5. The van der Waals surface area contributed by atoms with E-state index in [-0.39, 0.29) is 48.8 Å². The molecule has 2 aromatic rings. The van der Waals surface area contributed by atoms with Crippen LogP contribution in [0.5, 0.6) is 5.75 Å². The van der Waals surface area contributed by atoms with Crippen molar-refractivity contribution in [3.05, 3.63) is 41.5 Å². The van der Waals surface area contributed by atoms with E-state index in [1.807, 2.05) is 0 Å². The molecule has 2 rings (SSSR count). The molecule has 1 aromatic carbocycles. The monoisotopic (exact) mass is 457 g/mol. The van der Waals surface area contributed by atoms with Crippen molar-refractivity contribution in [2.45, 2.75) is 26.4 Å². The number of aryl methyl sites for hydroxylation is 1. The number of nitrogens with one attached hydrogen (secondary N) is 1. The maximum Gasteiger partial charge on any atom is 0.573 e. The molecule has 0 aliphatic heterocycles. The van der Waals surface area contributed by atoms with E-state index in [1.165, 1.54) is 24.3 Å². The fourth-order valence-electron chi connectivity index (χ4n) is 1.61. The Balaban J connectivity index is 0.00000288. The Morgan fingerprint density at radius 1 is 1.33 bits per heavy atom. The van der Waals surface area contributed by atoms with E-state index in [0.717, 1.165) is 0 Å². The molecule has 1 aromatic heterocycles. The summed E-state index contributed by atoms with van der Waals surface area (Å²) in [7, 11) is 0. The summed E-state index contributed by atoms with van der Waals surface area (Å²) in [6, 6.07) is 5.37. The normalized spacial score (nSPS) is 11.8. The molecule has 0 atom stereocenters. The number of nitrogens with zero attached hydrogens (tertiary/aromatic N) is 3. The number of ether oxygens (including phenoxy) is 1. The number of nitrogens with two attached hydrogens (primary N) is 1. The van der Waals surface area contributed by atoms with Crippen LogP contribution in [0.25, 0.3) is 0 Å². The van der Waals surface area contributed by atoms with Gasteiger partial charge < -0.3 is 20.3 Å². The van der Waals surface area contributed by atoms with E-state index in [1.54, 1.807) is 6.92 Å². The molecule has 0 fully saturated rings. The van der Waals surface area contributed by atoms with Crippen molar-refractivity contribution in [3.63, 3.8) is 0 Å². The van der Waals surface area contributed by atoms with Crippen LogP contribution in [0.15, 0.2) is 33.8 Å². The van der Waals surface area contributed by atoms with Gasteiger partial charge in [0, 0.05) is 0 Å². The van der Waals surface area contributed by atoms with Crippen molar-refractivity contribution in [2.24, 2.45) is 10.7 Å². The molecule has 0 bridgehead atoms. The van der Waals surface area contributed by atoms with Crippen LogP contribution in [0, 0.1) is 6.92 Å². The zero-order chi connectivity index (χ0) is 16.9. The van der Waals surface area contributed by atoms with Gasteiger partial charge in [-0.05, 0) is 24.6 Å². The van der Waals surface area contributed by atoms with Gasteiger partial charge in [0.1, 0.15) is 5.75 Å². The highest BCUT2D eigenvalue weighted by atomic mass is 127. The number of aliphatic imine (C=N–C) groups is 1. The third kappa shape index (κ3) is 7.02. The van der Waals surface area contributed by atoms with Crippen molar-refractivity contribution in [1.82, 2.24) is 15.5 Å². The summed E-state index contributed by atoms with van der Waals surface area (Å²) in [5.74, 6) is 0.743. The summed E-state index contributed by atoms with van der Waals surface area (Å²) in [6.45, 7) is 2.12. The van der Waals surface area contributed by atoms with Crippen LogP contribution in [-0.4, -0.2) is 22.5 Å². The second-order valence-corrected chi connectivity index (χ2v) is 4.48. The molecule has 0 aliphatic rings. The van der Waals surface area contributed by atoms with Gasteiger partial charge in [0.25, 0.3) is 0 Å². The number of rotatable bonds is 5. The standard InChI is InChI=1S/C13H14F3N5O2.HI/c1-8-20-11(23-21-8)7-19-12(17)18-6-9-2-4-10(5-3-9)22-13(14,15)16;/h2-5H,6-7H2,1H3,(H3,17,18,19);1H. The molecule has 7 nitrogen and oxygen atoms in total. The molecule has 11 heteroatoms. The molecule has 1 heterocycles. The van der Waals surface area contributed by atoms with Crippen LogP contribution in [0.3, 0.4) is 0 Å². The van der Waals surface area contributed by atoms with Gasteiger partial charge in [0.15, 0.2) is 11.8 Å². The molecular formula is C13H15F3IN5O2. The Bertz CT molecular complexity index is 673. The van der Waals surface area contributed by atoms with Crippen molar-refractivity contribution in [1.29, 1.82) is 0 Å². The van der Waals surface area contributed by atoms with E-state index in [9.17, 15) is 13.2 Å². The second kappa shape index (κ2) is 8.70. The minimum atomic E-state index is -4.71. The number of aromatic nitrogens is 2. The summed E-state index contributed by atoms with van der Waals surface area (Å²) in [5, 5.41) is 6.41. The Morgan fingerprint density at radius 2 is 2.00 bits per heavy atom. The van der Waals surface area contributed by atoms with Gasteiger partial charge in [0.2, 0.25) is 5.89 Å². The Morgan fingerprint density at radius 3 is 2.54 bits per heavy atom. The summed E-state index contributed by atoms with van der Waals surface area (Å²) in [5.41, 5.74) is 6.34. The molecule has 0 unspecified atom stereocenters. The van der Waals surface area contributed by atoms with Crippen molar-refractivity contribution < 1.29 is 22.4 Å². The van der Waals surface area contributed by atoms with Crippen LogP contribution in [0.2, 0.25) is 0 Å². The molecule has 132 valence electrons. The number of hydrogen-bond donors (Lipinski definition) is 2. The first-order valence-electron chi connectivity index (χ1n) is 6.49. The molecule has 3 N–H and O–H groups in total. The molecule has 0 amide bonds. The fraction of sp³-hybridized carbons (Fsp3) is 0.308. The van der Waals surface area contributed by atoms with Crippen LogP contribution in [0.4, 0.5) is 13.2 Å². The number of hydrogen-bond acceptors (Lipinski definition) is 5. The average Bonchev–Trinajstić information content (AvgIpc) is 2.88. The number of alkyl halides is 3. The topological polar surface area (TPSA) is 98.6 Å². The predicted octanol–water partition coefficient (Wildman–Crippen LogP) is 2.50. The first kappa shape index (κ1) is 20.0. The number of benzene rings is 1. The molecular weight excluding hydrogens is 442 g/mol. The maximum atomic E-state index is 12.0. The lowest BCUT2D eigenvalue weighted by atomic mass is 10.2. The molecule has 0 aliphatic carbocycles. The number of guanidine groups is 1. The zero-order valence-corrected chi connectivity index (χ0v) is 14.8. The quantitative estimate of drug-likeness (QED) is 0.407. The van der Waals surface area contributed by atoms with Gasteiger partial charge in [-0.3, -0.25) is 0 Å². The lowest BCUT2D eigenvalue weighted by Gasteiger charge is -2.08. The van der Waals surface area contributed by atoms with Gasteiger partial charge in [-0.15, -0.1) is 37.1 Å². The van der Waals surface area contributed by atoms with Crippen LogP contribution in [0.1, 0.15) is 17.3 Å². The lowest BCUT2D eigenvalue weighted by molar-refractivity contribution is -0.274. The minimum absolute atomic E-state index is 0. The van der Waals surface area contributed by atoms with Gasteiger partial charge in [-0.25, -0.2) is 4.99 Å². The third-order valence-electron chi connectivity index (χ3n) is 2.58. The predicted molar refractivity (Wildman–Crippen MR) is 89.7 cm³/mol. The van der Waals surface area contributed by atoms with Crippen molar-refractivity contribution >= 4 is 29.9 Å². The van der Waals surface area contributed by atoms with E-state index >= 15 is 0 Å². The van der Waals surface area contributed by atoms with Crippen LogP contribution in [-0.2, 0) is 13.1 Å². The highest BCUT2D eigenvalue weighted by Gasteiger charge is 2.30.